The summed E-state index contributed by atoms with van der Waals surface area (Å²) in [5, 5.41) is 12.0. The maximum atomic E-state index is 4.57. The molecule has 0 bridgehead atoms. The predicted molar refractivity (Wildman–Crippen MR) is 126 cm³/mol. The van der Waals surface area contributed by atoms with Crippen molar-refractivity contribution in [3.05, 3.63) is 84.9 Å². The molecule has 0 amide bonds. The van der Waals surface area contributed by atoms with Crippen LogP contribution >= 0.6 is 11.8 Å². The second-order valence-corrected chi connectivity index (χ2v) is 7.62. The van der Waals surface area contributed by atoms with Crippen molar-refractivity contribution >= 4 is 56.6 Å². The van der Waals surface area contributed by atoms with Crippen LogP contribution in [0.4, 0.5) is 23.3 Å². The molecule has 6 heteroatoms. The van der Waals surface area contributed by atoms with Crippen LogP contribution in [0, 0.1) is 0 Å². The van der Waals surface area contributed by atoms with Crippen LogP contribution in [0.15, 0.2) is 90.1 Å². The number of hydrogen-bond acceptors (Lipinski definition) is 6. The van der Waals surface area contributed by atoms with E-state index >= 15 is 0 Å². The van der Waals surface area contributed by atoms with Gasteiger partial charge in [0.25, 0.3) is 0 Å². The Labute approximate surface area is 178 Å². The summed E-state index contributed by atoms with van der Waals surface area (Å²) in [4.78, 5) is 13.6. The molecule has 4 aromatic carbocycles. The van der Waals surface area contributed by atoms with Crippen molar-refractivity contribution in [2.75, 3.05) is 16.9 Å². The highest BCUT2D eigenvalue weighted by atomic mass is 32.2. The first kappa shape index (κ1) is 18.4. The molecule has 5 nitrogen and oxygen atoms in total. The number of anilines is 4. The van der Waals surface area contributed by atoms with Crippen LogP contribution in [0.2, 0.25) is 0 Å². The Morgan fingerprint density at radius 1 is 0.567 bits per heavy atom. The average Bonchev–Trinajstić information content (AvgIpc) is 2.79. The Hall–Kier alpha value is -3.64. The van der Waals surface area contributed by atoms with Crippen LogP contribution in [0.1, 0.15) is 0 Å². The smallest absolute Gasteiger partial charge is 0.233 e. The molecule has 30 heavy (non-hydrogen) atoms. The van der Waals surface area contributed by atoms with Crippen LogP contribution in [0.3, 0.4) is 0 Å². The van der Waals surface area contributed by atoms with Crippen molar-refractivity contribution < 1.29 is 0 Å². The molecule has 1 aromatic heterocycles. The zero-order valence-corrected chi connectivity index (χ0v) is 17.1. The Balaban J connectivity index is 1.44. The number of aromatic nitrogens is 3. The van der Waals surface area contributed by atoms with Gasteiger partial charge in [-0.2, -0.15) is 15.0 Å². The number of nitrogens with one attached hydrogen (secondary N) is 2. The quantitative estimate of drug-likeness (QED) is 0.328. The first-order valence-corrected chi connectivity index (χ1v) is 10.8. The van der Waals surface area contributed by atoms with Gasteiger partial charge in [-0.3, -0.25) is 0 Å². The fourth-order valence-corrected chi connectivity index (χ4v) is 3.71. The van der Waals surface area contributed by atoms with Gasteiger partial charge in [-0.1, -0.05) is 72.4 Å². The highest BCUT2D eigenvalue weighted by Crippen LogP contribution is 2.25. The lowest BCUT2D eigenvalue weighted by atomic mass is 10.1. The molecule has 0 unspecified atom stereocenters. The molecular formula is C24H19N5S. The highest BCUT2D eigenvalue weighted by molar-refractivity contribution is 7.98. The largest absolute Gasteiger partial charge is 0.324 e. The van der Waals surface area contributed by atoms with E-state index in [0.717, 1.165) is 22.1 Å². The van der Waals surface area contributed by atoms with Crippen molar-refractivity contribution in [3.63, 3.8) is 0 Å². The summed E-state index contributed by atoms with van der Waals surface area (Å²) in [5.74, 6) is 1.01. The van der Waals surface area contributed by atoms with Gasteiger partial charge < -0.3 is 10.6 Å². The van der Waals surface area contributed by atoms with E-state index in [9.17, 15) is 0 Å². The van der Waals surface area contributed by atoms with Gasteiger partial charge in [0.05, 0.1) is 0 Å². The van der Waals surface area contributed by atoms with Crippen molar-refractivity contribution in [1.82, 2.24) is 15.0 Å². The molecule has 5 rings (SSSR count). The van der Waals surface area contributed by atoms with Gasteiger partial charge in [0.1, 0.15) is 0 Å². The Bertz CT molecular complexity index is 1250. The molecule has 2 N–H and O–H groups in total. The Morgan fingerprint density at radius 2 is 1.03 bits per heavy atom. The van der Waals surface area contributed by atoms with Gasteiger partial charge in [0, 0.05) is 11.4 Å². The molecule has 1 heterocycles. The predicted octanol–water partition coefficient (Wildman–Crippen LogP) is 6.39. The topological polar surface area (TPSA) is 62.7 Å². The summed E-state index contributed by atoms with van der Waals surface area (Å²) in [5.41, 5.74) is 1.87. The molecule has 0 saturated heterocycles. The number of thioether (sulfide) groups is 1. The van der Waals surface area contributed by atoms with Gasteiger partial charge in [-0.05, 0) is 52.1 Å². The van der Waals surface area contributed by atoms with Gasteiger partial charge >= 0.3 is 0 Å². The lowest BCUT2D eigenvalue weighted by Gasteiger charge is -2.10. The number of hydrogen-bond donors (Lipinski definition) is 2. The zero-order valence-electron chi connectivity index (χ0n) is 16.3. The first-order valence-electron chi connectivity index (χ1n) is 9.58. The SMILES string of the molecule is CSc1nc(Nc2ccc3ccccc3c2)nc(Nc2ccc3ccccc3c2)n1. The van der Waals surface area contributed by atoms with Crippen LogP contribution < -0.4 is 10.6 Å². The summed E-state index contributed by atoms with van der Waals surface area (Å²) in [7, 11) is 0. The second-order valence-electron chi connectivity index (χ2n) is 6.84. The fraction of sp³-hybridized carbons (Fsp3) is 0.0417. The number of rotatable bonds is 5. The van der Waals surface area contributed by atoms with Crippen molar-refractivity contribution in [1.29, 1.82) is 0 Å². The van der Waals surface area contributed by atoms with Gasteiger partial charge in [-0.15, -0.1) is 0 Å². The minimum Gasteiger partial charge on any atom is -0.324 e. The van der Waals surface area contributed by atoms with Gasteiger partial charge in [0.2, 0.25) is 11.9 Å². The summed E-state index contributed by atoms with van der Waals surface area (Å²) in [6.45, 7) is 0. The third kappa shape index (κ3) is 3.90. The van der Waals surface area contributed by atoms with Crippen LogP contribution in [-0.2, 0) is 0 Å². The van der Waals surface area contributed by atoms with Crippen molar-refractivity contribution in [2.24, 2.45) is 0 Å². The van der Waals surface area contributed by atoms with E-state index in [1.807, 2.05) is 42.7 Å². The van der Waals surface area contributed by atoms with Gasteiger partial charge in [-0.25, -0.2) is 0 Å². The molecule has 0 fully saturated rings. The number of nitrogens with zero attached hydrogens (tertiary/aromatic N) is 3. The van der Waals surface area contributed by atoms with Crippen LogP contribution in [0.5, 0.6) is 0 Å². The third-order valence-corrected chi connectivity index (χ3v) is 5.36. The molecule has 0 aliphatic rings. The molecule has 5 aromatic rings. The standard InChI is InChI=1S/C24H19N5S/c1-30-24-28-22(25-20-12-10-16-6-2-4-8-18(16)14-20)27-23(29-24)26-21-13-11-17-7-3-5-9-19(17)15-21/h2-15H,1H3,(H2,25,26,27,28,29). The minimum absolute atomic E-state index is 0.507. The maximum absolute atomic E-state index is 4.57. The van der Waals surface area contributed by atoms with E-state index in [2.05, 4.69) is 74.1 Å². The van der Waals surface area contributed by atoms with E-state index in [-0.39, 0.29) is 0 Å². The molecule has 0 radical (unpaired) electrons. The third-order valence-electron chi connectivity index (χ3n) is 4.81. The average molecular weight is 410 g/mol. The van der Waals surface area contributed by atoms with E-state index in [0.29, 0.717) is 17.1 Å². The summed E-state index contributed by atoms with van der Waals surface area (Å²) in [6, 6.07) is 28.9. The van der Waals surface area contributed by atoms with Gasteiger partial charge in [0.15, 0.2) is 5.16 Å². The van der Waals surface area contributed by atoms with Crippen molar-refractivity contribution in [2.45, 2.75) is 5.16 Å². The highest BCUT2D eigenvalue weighted by Gasteiger charge is 2.08. The number of benzene rings is 4. The Kier molecular flexibility index (Phi) is 4.91. The summed E-state index contributed by atoms with van der Waals surface area (Å²) < 4.78 is 0. The molecule has 0 spiro atoms. The normalized spacial score (nSPS) is 11.0. The lowest BCUT2D eigenvalue weighted by molar-refractivity contribution is 0.923. The lowest BCUT2D eigenvalue weighted by Crippen LogP contribution is -2.05. The van der Waals surface area contributed by atoms with Crippen molar-refractivity contribution in [3.8, 4) is 0 Å². The van der Waals surface area contributed by atoms with E-state index in [1.165, 1.54) is 22.5 Å². The van der Waals surface area contributed by atoms with Crippen LogP contribution in [-0.4, -0.2) is 21.2 Å². The maximum Gasteiger partial charge on any atom is 0.233 e. The van der Waals surface area contributed by atoms with E-state index in [1.54, 1.807) is 0 Å². The van der Waals surface area contributed by atoms with E-state index < -0.39 is 0 Å². The second kappa shape index (κ2) is 8.00. The Morgan fingerprint density at radius 3 is 1.50 bits per heavy atom. The minimum atomic E-state index is 0.507. The molecular weight excluding hydrogens is 390 g/mol. The fourth-order valence-electron chi connectivity index (χ4n) is 3.35. The number of fused-ring (bicyclic) bond motifs is 2. The zero-order chi connectivity index (χ0) is 20.3. The molecule has 0 aliphatic heterocycles. The van der Waals surface area contributed by atoms with E-state index in [4.69, 9.17) is 0 Å². The summed E-state index contributed by atoms with van der Waals surface area (Å²) >= 11 is 1.48. The molecule has 0 aliphatic carbocycles. The monoisotopic (exact) mass is 409 g/mol. The molecule has 0 atom stereocenters. The molecule has 146 valence electrons. The summed E-state index contributed by atoms with van der Waals surface area (Å²) in [6.07, 6.45) is 1.95. The first-order chi connectivity index (χ1) is 14.8. The van der Waals surface area contributed by atoms with Crippen LogP contribution in [0.25, 0.3) is 21.5 Å². The molecule has 0 saturated carbocycles.